The lowest BCUT2D eigenvalue weighted by Crippen LogP contribution is -2.38. The van der Waals surface area contributed by atoms with Crippen molar-refractivity contribution in [3.63, 3.8) is 0 Å². The number of hydrogen-bond acceptors (Lipinski definition) is 3. The molecule has 2 amide bonds. The quantitative estimate of drug-likeness (QED) is 0.665. The molecule has 3 aromatic rings. The molecule has 2 heterocycles. The van der Waals surface area contributed by atoms with Crippen molar-refractivity contribution in [2.45, 2.75) is 25.4 Å². The Morgan fingerprint density at radius 3 is 2.17 bits per heavy atom. The number of amides is 2. The monoisotopic (exact) mass is 386 g/mol. The van der Waals surface area contributed by atoms with E-state index in [4.69, 9.17) is 0 Å². The summed E-state index contributed by atoms with van der Waals surface area (Å²) in [5.74, 6) is 0.994. The second-order valence-electron chi connectivity index (χ2n) is 7.30. The van der Waals surface area contributed by atoms with E-state index in [9.17, 15) is 4.79 Å². The van der Waals surface area contributed by atoms with Crippen molar-refractivity contribution in [1.29, 1.82) is 0 Å². The van der Waals surface area contributed by atoms with Crippen LogP contribution in [0.5, 0.6) is 0 Å². The number of pyridine rings is 1. The van der Waals surface area contributed by atoms with Crippen molar-refractivity contribution in [3.8, 4) is 0 Å². The van der Waals surface area contributed by atoms with Crippen molar-refractivity contribution in [2.24, 2.45) is 0 Å². The van der Waals surface area contributed by atoms with Crippen molar-refractivity contribution >= 4 is 11.8 Å². The first-order valence-corrected chi connectivity index (χ1v) is 10.1. The molecule has 1 aliphatic rings. The first-order chi connectivity index (χ1) is 14.3. The van der Waals surface area contributed by atoms with Crippen LogP contribution in [0.25, 0.3) is 0 Å². The predicted molar refractivity (Wildman–Crippen MR) is 116 cm³/mol. The van der Waals surface area contributed by atoms with Crippen LogP contribution in [0.1, 0.15) is 35.6 Å². The highest BCUT2D eigenvalue weighted by Crippen LogP contribution is 2.22. The summed E-state index contributed by atoms with van der Waals surface area (Å²) in [6.07, 6.45) is 4.25. The third kappa shape index (κ3) is 4.93. The van der Waals surface area contributed by atoms with Crippen LogP contribution in [0.3, 0.4) is 0 Å². The van der Waals surface area contributed by atoms with Gasteiger partial charge in [-0.05, 0) is 41.7 Å². The number of anilines is 1. The van der Waals surface area contributed by atoms with E-state index in [-0.39, 0.29) is 12.1 Å². The molecule has 0 spiro atoms. The number of urea groups is 1. The lowest BCUT2D eigenvalue weighted by molar-refractivity contribution is 0.238. The normalized spacial score (nSPS) is 13.5. The Hall–Kier alpha value is -3.34. The van der Waals surface area contributed by atoms with E-state index in [1.54, 1.807) is 0 Å². The maximum atomic E-state index is 12.7. The zero-order valence-electron chi connectivity index (χ0n) is 16.4. The second kappa shape index (κ2) is 9.24. The van der Waals surface area contributed by atoms with Gasteiger partial charge >= 0.3 is 6.03 Å². The fourth-order valence-corrected chi connectivity index (χ4v) is 3.70. The average molecular weight is 386 g/mol. The molecule has 5 heteroatoms. The summed E-state index contributed by atoms with van der Waals surface area (Å²) in [4.78, 5) is 19.4. The Morgan fingerprint density at radius 1 is 0.931 bits per heavy atom. The van der Waals surface area contributed by atoms with Crippen LogP contribution in [0, 0.1) is 0 Å². The summed E-state index contributed by atoms with van der Waals surface area (Å²) in [7, 11) is 0. The highest BCUT2D eigenvalue weighted by atomic mass is 16.2. The van der Waals surface area contributed by atoms with Crippen molar-refractivity contribution < 1.29 is 4.79 Å². The first-order valence-electron chi connectivity index (χ1n) is 10.1. The van der Waals surface area contributed by atoms with E-state index in [0.717, 1.165) is 35.6 Å². The standard InChI is InChI=1S/C24H26N4O/c29-24(26-18-19-13-14-25-22(17-19)28-15-7-8-16-28)27-23(20-9-3-1-4-10-20)21-11-5-2-6-12-21/h1-6,9-14,17,23H,7-8,15-16,18H2,(H2,26,27,29). The minimum absolute atomic E-state index is 0.192. The van der Waals surface area contributed by atoms with Crippen LogP contribution >= 0.6 is 0 Å². The molecular weight excluding hydrogens is 360 g/mol. The average Bonchev–Trinajstić information content (AvgIpc) is 3.33. The maximum Gasteiger partial charge on any atom is 0.315 e. The van der Waals surface area contributed by atoms with Gasteiger partial charge in [-0.2, -0.15) is 0 Å². The van der Waals surface area contributed by atoms with Crippen LogP contribution in [0.4, 0.5) is 10.6 Å². The Balaban J connectivity index is 1.42. The predicted octanol–water partition coefficient (Wildman–Crippen LogP) is 4.27. The highest BCUT2D eigenvalue weighted by molar-refractivity contribution is 5.75. The minimum Gasteiger partial charge on any atom is -0.357 e. The van der Waals surface area contributed by atoms with Crippen LogP contribution in [0.2, 0.25) is 0 Å². The zero-order chi connectivity index (χ0) is 19.9. The van der Waals surface area contributed by atoms with Gasteiger partial charge in [-0.15, -0.1) is 0 Å². The third-order valence-electron chi connectivity index (χ3n) is 5.23. The van der Waals surface area contributed by atoms with Gasteiger partial charge in [-0.25, -0.2) is 9.78 Å². The molecule has 1 fully saturated rings. The van der Waals surface area contributed by atoms with E-state index in [2.05, 4.69) is 26.6 Å². The summed E-state index contributed by atoms with van der Waals surface area (Å²) in [5.41, 5.74) is 3.15. The third-order valence-corrected chi connectivity index (χ3v) is 5.23. The minimum atomic E-state index is -0.199. The molecule has 0 bridgehead atoms. The summed E-state index contributed by atoms with van der Waals surface area (Å²) in [6, 6.07) is 23.7. The summed E-state index contributed by atoms with van der Waals surface area (Å²) < 4.78 is 0. The van der Waals surface area contributed by atoms with E-state index >= 15 is 0 Å². The molecule has 4 rings (SSSR count). The Bertz CT molecular complexity index is 884. The maximum absolute atomic E-state index is 12.7. The Morgan fingerprint density at radius 2 is 1.55 bits per heavy atom. The van der Waals surface area contributed by atoms with Crippen molar-refractivity contribution in [2.75, 3.05) is 18.0 Å². The highest BCUT2D eigenvalue weighted by Gasteiger charge is 2.17. The summed E-state index contributed by atoms with van der Waals surface area (Å²) >= 11 is 0. The number of carbonyl (C=O) groups excluding carboxylic acids is 1. The smallest absolute Gasteiger partial charge is 0.315 e. The molecule has 2 N–H and O–H groups in total. The largest absolute Gasteiger partial charge is 0.357 e. The molecule has 1 aromatic heterocycles. The van der Waals surface area contributed by atoms with Gasteiger partial charge in [-0.3, -0.25) is 0 Å². The number of nitrogens with one attached hydrogen (secondary N) is 2. The number of aromatic nitrogens is 1. The van der Waals surface area contributed by atoms with Crippen LogP contribution in [0.15, 0.2) is 79.0 Å². The van der Waals surface area contributed by atoms with Gasteiger partial charge in [0.2, 0.25) is 0 Å². The molecule has 2 aromatic carbocycles. The number of rotatable bonds is 6. The lowest BCUT2D eigenvalue weighted by atomic mass is 9.99. The summed E-state index contributed by atoms with van der Waals surface area (Å²) in [6.45, 7) is 2.58. The van der Waals surface area contributed by atoms with Crippen LogP contribution < -0.4 is 15.5 Å². The van der Waals surface area contributed by atoms with Gasteiger partial charge in [0, 0.05) is 25.8 Å². The van der Waals surface area contributed by atoms with E-state index in [1.165, 1.54) is 12.8 Å². The van der Waals surface area contributed by atoms with Gasteiger partial charge in [0.05, 0.1) is 6.04 Å². The number of carbonyl (C=O) groups is 1. The fraction of sp³-hybridized carbons (Fsp3) is 0.250. The van der Waals surface area contributed by atoms with Gasteiger partial charge in [0.15, 0.2) is 0 Å². The lowest BCUT2D eigenvalue weighted by Gasteiger charge is -2.20. The fourth-order valence-electron chi connectivity index (χ4n) is 3.70. The van der Waals surface area contributed by atoms with Crippen molar-refractivity contribution in [1.82, 2.24) is 15.6 Å². The molecular formula is C24H26N4O. The van der Waals surface area contributed by atoms with Gasteiger partial charge in [0.1, 0.15) is 5.82 Å². The first kappa shape index (κ1) is 19.0. The molecule has 148 valence electrons. The van der Waals surface area contributed by atoms with Gasteiger partial charge in [0.25, 0.3) is 0 Å². The Kier molecular flexibility index (Phi) is 6.05. The van der Waals surface area contributed by atoms with E-state index in [0.29, 0.717) is 6.54 Å². The van der Waals surface area contributed by atoms with E-state index < -0.39 is 0 Å². The van der Waals surface area contributed by atoms with Crippen LogP contribution in [-0.4, -0.2) is 24.1 Å². The zero-order valence-corrected chi connectivity index (χ0v) is 16.4. The second-order valence-corrected chi connectivity index (χ2v) is 7.30. The topological polar surface area (TPSA) is 57.3 Å². The molecule has 1 aliphatic heterocycles. The van der Waals surface area contributed by atoms with Crippen LogP contribution in [-0.2, 0) is 6.54 Å². The van der Waals surface area contributed by atoms with Crippen molar-refractivity contribution in [3.05, 3.63) is 95.7 Å². The number of hydrogen-bond donors (Lipinski definition) is 2. The molecule has 0 saturated carbocycles. The Labute approximate surface area is 171 Å². The van der Waals surface area contributed by atoms with Gasteiger partial charge in [-0.1, -0.05) is 60.7 Å². The molecule has 0 radical (unpaired) electrons. The molecule has 1 saturated heterocycles. The molecule has 0 atom stereocenters. The summed E-state index contributed by atoms with van der Waals surface area (Å²) in [5, 5.41) is 6.10. The molecule has 0 unspecified atom stereocenters. The van der Waals surface area contributed by atoms with Gasteiger partial charge < -0.3 is 15.5 Å². The number of nitrogens with zero attached hydrogens (tertiary/aromatic N) is 2. The molecule has 5 nitrogen and oxygen atoms in total. The SMILES string of the molecule is O=C(NCc1ccnc(N2CCCC2)c1)NC(c1ccccc1)c1ccccc1. The van der Waals surface area contributed by atoms with E-state index in [1.807, 2.05) is 72.9 Å². The molecule has 0 aliphatic carbocycles. The molecule has 29 heavy (non-hydrogen) atoms. The number of benzene rings is 2.